The summed E-state index contributed by atoms with van der Waals surface area (Å²) in [6, 6.07) is 54.9. The van der Waals surface area contributed by atoms with Crippen molar-refractivity contribution in [3.63, 3.8) is 0 Å². The third-order valence-corrected chi connectivity index (χ3v) is 24.8. The van der Waals surface area contributed by atoms with Gasteiger partial charge in [-0.15, -0.1) is 0 Å². The van der Waals surface area contributed by atoms with E-state index in [0.29, 0.717) is 88.1 Å². The molecule has 0 spiro atoms. The van der Waals surface area contributed by atoms with Gasteiger partial charge in [-0.3, -0.25) is 99.4 Å². The highest BCUT2D eigenvalue weighted by atomic mass is 16.2. The van der Waals surface area contributed by atoms with Crippen LogP contribution in [0.5, 0.6) is 0 Å². The minimum atomic E-state index is -0.0943. The first kappa shape index (κ1) is 92.4. The van der Waals surface area contributed by atoms with Gasteiger partial charge < -0.3 is 41.2 Å². The lowest BCUT2D eigenvalue weighted by molar-refractivity contribution is -0.118. The molecule has 1 saturated carbocycles. The van der Waals surface area contributed by atoms with Gasteiger partial charge in [-0.2, -0.15) is 20.4 Å². The summed E-state index contributed by atoms with van der Waals surface area (Å²) < 4.78 is 0. The van der Waals surface area contributed by atoms with Gasteiger partial charge in [0.25, 0.3) is 0 Å². The highest BCUT2D eigenvalue weighted by molar-refractivity contribution is 6.05. The van der Waals surface area contributed by atoms with E-state index in [2.05, 4.69) is 167 Å². The Morgan fingerprint density at radius 3 is 0.878 bits per heavy atom. The average Bonchev–Trinajstić information content (AvgIpc) is 1.63. The Bertz CT molecular complexity index is 9030. The second-order valence-corrected chi connectivity index (χ2v) is 36.7. The predicted molar refractivity (Wildman–Crippen MR) is 568 cm³/mol. The summed E-state index contributed by atoms with van der Waals surface area (Å²) >= 11 is 0. The monoisotopic (exact) mass is 1940 g/mol. The van der Waals surface area contributed by atoms with Crippen molar-refractivity contribution in [2.75, 3.05) is 21.3 Å². The standard InChI is InChI=1S/C29H26N8O.C28H24N8O.C27H20N8O.C27H22N8O/c1-29(2,3)12-25(38)33-19-10-18(13-30-14-19)17-7-8-23-20(11-17)27(37-36-23)28-34-24-16-31-15-21(26(24)35-28)22-6-4-5-9-32-22;1-2-3-7-25(37)32-19-11-18(13-29-14-19)17-8-9-23-20(12-17)27(36-35-23)28-33-24-16-30-15-21(26(24)34-28)22-6-4-5-10-31-22;36-27(15-4-5-15)31-18-9-17(11-28-12-18)16-6-7-22-19(10-16)25(35-34-22)26-32-23-14-29-13-20(24(23)33-26)21-3-1-2-8-30-21;1-2-5-24(36)31-18-10-17(12-28-13-18)16-7-8-22-19(11-16)26(35-34-22)27-32-23-15-29-14-20(25(23)33-27)21-6-3-4-9-30-21/h4-11,13-16H,12H2,1-3H3,(H,33,38)(H,34,35)(H,36,37);4-6,8-16H,2-3,7H2,1H3,(H,32,37)(H,33,34)(H,35,36);1-3,6-15H,4-5H2,(H,31,36)(H,32,33)(H,34,35);3-4,6-15H,2,5H2,1H3,(H,31,36)(H,32,33)(H,34,35). The molecule has 1 aliphatic carbocycles. The molecule has 0 bridgehead atoms. The number of H-pyrrole nitrogens is 8. The van der Waals surface area contributed by atoms with Crippen molar-refractivity contribution in [2.45, 2.75) is 86.0 Å². The average molecular weight is 1940 g/mol. The number of aromatic amines is 8. The molecule has 12 N–H and O–H groups in total. The maximum Gasteiger partial charge on any atom is 0.227 e. The van der Waals surface area contributed by atoms with Crippen LogP contribution in [0.2, 0.25) is 0 Å². The number of nitrogens with zero attached hydrogens (tertiary/aromatic N) is 20. The molecule has 0 saturated heterocycles. The number of nitrogens with one attached hydrogen (secondary N) is 12. The Labute approximate surface area is 836 Å². The number of benzene rings is 4. The van der Waals surface area contributed by atoms with Crippen LogP contribution in [0.25, 0.3) is 223 Å². The number of aromatic nitrogens is 28. The molecule has 0 unspecified atom stereocenters. The molecule has 1 fully saturated rings. The van der Waals surface area contributed by atoms with Crippen molar-refractivity contribution >= 4 is 134 Å². The van der Waals surface area contributed by atoms with Gasteiger partial charge in [0.1, 0.15) is 44.8 Å². The summed E-state index contributed by atoms with van der Waals surface area (Å²) in [7, 11) is 0. The molecule has 720 valence electrons. The molecule has 4 aromatic carbocycles. The molecule has 147 heavy (non-hydrogen) atoms. The maximum absolute atomic E-state index is 12.4. The van der Waals surface area contributed by atoms with Crippen LogP contribution in [0.4, 0.5) is 22.7 Å². The molecule has 1 aliphatic rings. The van der Waals surface area contributed by atoms with Crippen molar-refractivity contribution in [1.29, 1.82) is 0 Å². The number of amides is 4. The van der Waals surface area contributed by atoms with Crippen LogP contribution < -0.4 is 21.3 Å². The molecule has 20 aromatic heterocycles. The number of rotatable bonds is 23. The van der Waals surface area contributed by atoms with E-state index >= 15 is 0 Å². The van der Waals surface area contributed by atoms with E-state index in [1.807, 2.05) is 179 Å². The smallest absolute Gasteiger partial charge is 0.227 e. The van der Waals surface area contributed by atoms with Gasteiger partial charge in [0, 0.05) is 166 Å². The minimum absolute atomic E-state index is 0.00202. The summed E-state index contributed by atoms with van der Waals surface area (Å²) in [6.45, 7) is 10.2. The van der Waals surface area contributed by atoms with Crippen molar-refractivity contribution in [3.05, 3.63) is 294 Å². The first-order valence-corrected chi connectivity index (χ1v) is 47.9. The van der Waals surface area contributed by atoms with E-state index in [4.69, 9.17) is 19.9 Å². The topological polar surface area (TPSA) is 501 Å². The van der Waals surface area contributed by atoms with Gasteiger partial charge in [0.2, 0.25) is 23.6 Å². The number of imidazole rings is 4. The lowest BCUT2D eigenvalue weighted by atomic mass is 9.92. The van der Waals surface area contributed by atoms with Crippen LogP contribution in [0.15, 0.2) is 294 Å². The second-order valence-electron chi connectivity index (χ2n) is 36.7. The van der Waals surface area contributed by atoms with Gasteiger partial charge in [0.15, 0.2) is 23.3 Å². The third-order valence-electron chi connectivity index (χ3n) is 24.8. The fourth-order valence-corrected chi connectivity index (χ4v) is 17.5. The number of carbonyl (C=O) groups excluding carboxylic acids is 4. The number of carbonyl (C=O) groups is 4. The summed E-state index contributed by atoms with van der Waals surface area (Å²) in [5, 5.41) is 46.1. The highest BCUT2D eigenvalue weighted by Gasteiger charge is 2.31. The minimum Gasteiger partial charge on any atom is -0.335 e. The van der Waals surface area contributed by atoms with Crippen LogP contribution in [0, 0.1) is 11.3 Å². The Balaban J connectivity index is 0.000000111. The quantitative estimate of drug-likeness (QED) is 0.0283. The highest BCUT2D eigenvalue weighted by Crippen LogP contribution is 2.41. The number of hydrogen-bond acceptors (Lipinski definition) is 24. The van der Waals surface area contributed by atoms with Crippen molar-refractivity contribution in [2.24, 2.45) is 11.3 Å². The van der Waals surface area contributed by atoms with Crippen LogP contribution in [-0.4, -0.2) is 164 Å². The number of anilines is 4. The fraction of sp³-hybridized carbons (Fsp3) is 0.135. The van der Waals surface area contributed by atoms with Crippen LogP contribution >= 0.6 is 0 Å². The molecule has 0 radical (unpaired) electrons. The summed E-state index contributed by atoms with van der Waals surface area (Å²) in [5.74, 6) is 2.69. The van der Waals surface area contributed by atoms with Gasteiger partial charge in [-0.25, -0.2) is 19.9 Å². The molecule has 0 aliphatic heterocycles. The molecule has 25 rings (SSSR count). The van der Waals surface area contributed by atoms with Crippen LogP contribution in [0.1, 0.15) is 86.0 Å². The van der Waals surface area contributed by atoms with Gasteiger partial charge in [0.05, 0.1) is 139 Å². The van der Waals surface area contributed by atoms with Gasteiger partial charge in [-0.05, 0) is 175 Å². The van der Waals surface area contributed by atoms with Crippen molar-refractivity contribution in [1.82, 2.24) is 140 Å². The first-order valence-electron chi connectivity index (χ1n) is 47.9. The Morgan fingerprint density at radius 2 is 0.599 bits per heavy atom. The van der Waals surface area contributed by atoms with Crippen LogP contribution in [-0.2, 0) is 19.2 Å². The molecule has 4 amide bonds. The number of hydrogen-bond donors (Lipinski definition) is 12. The molecular formula is C111H92N32O4. The molecule has 24 aromatic rings. The Kier molecular flexibility index (Phi) is 25.4. The van der Waals surface area contributed by atoms with Crippen molar-refractivity contribution < 1.29 is 19.2 Å². The summed E-state index contributed by atoms with van der Waals surface area (Å²) in [4.78, 5) is 134. The van der Waals surface area contributed by atoms with Gasteiger partial charge >= 0.3 is 0 Å². The molecule has 20 heterocycles. The third kappa shape index (κ3) is 20.1. The SMILES string of the molecule is CC(C)(C)CC(=O)Nc1cncc(-c2ccc3[nH]nc(-c4nc5c(-c6ccccn6)cncc5[nH]4)c3c2)c1.CCCC(=O)Nc1cncc(-c2ccc3[nH]nc(-c4nc5c(-c6ccccn6)cncc5[nH]4)c3c2)c1.CCCCC(=O)Nc1cncc(-c2ccc3[nH]nc(-c4nc5c(-c6ccccn6)cncc5[nH]4)c3c2)c1.O=C(Nc1cncc(-c2ccc3[nH]nc(-c4nc5c(-c6ccccn6)cncc5[nH]4)c3c2)c1)C1CC1. The lowest BCUT2D eigenvalue weighted by Gasteiger charge is -2.17. The predicted octanol–water partition coefficient (Wildman–Crippen LogP) is 22.1. The van der Waals surface area contributed by atoms with E-state index in [0.717, 1.165) is 209 Å². The summed E-state index contributed by atoms with van der Waals surface area (Å²) in [6.07, 6.45) is 40.9. The van der Waals surface area contributed by atoms with E-state index < -0.39 is 0 Å². The number of unbranched alkanes of at least 4 members (excludes halogenated alkanes) is 1. The molecule has 36 nitrogen and oxygen atoms in total. The lowest BCUT2D eigenvalue weighted by Crippen LogP contribution is -2.19. The zero-order chi connectivity index (χ0) is 100. The van der Waals surface area contributed by atoms with Crippen molar-refractivity contribution in [3.8, 4) is 136 Å². The van der Waals surface area contributed by atoms with E-state index in [-0.39, 0.29) is 35.0 Å². The van der Waals surface area contributed by atoms with E-state index in [1.54, 1.807) is 124 Å². The summed E-state index contributed by atoms with van der Waals surface area (Å²) in [5.41, 5.74) is 29.4. The number of fused-ring (bicyclic) bond motifs is 8. The molecule has 0 atom stereocenters. The van der Waals surface area contributed by atoms with Crippen LogP contribution in [0.3, 0.4) is 0 Å². The first-order chi connectivity index (χ1) is 71.9. The Morgan fingerprint density at radius 1 is 0.306 bits per heavy atom. The second kappa shape index (κ2) is 40.5. The largest absolute Gasteiger partial charge is 0.335 e. The fourth-order valence-electron chi connectivity index (χ4n) is 17.5. The van der Waals surface area contributed by atoms with Gasteiger partial charge in [-0.1, -0.05) is 89.6 Å². The molecule has 36 heteroatoms. The zero-order valence-corrected chi connectivity index (χ0v) is 80.0. The maximum atomic E-state index is 12.4. The van der Waals surface area contributed by atoms with E-state index in [9.17, 15) is 19.2 Å². The molecular weight excluding hydrogens is 1850 g/mol. The van der Waals surface area contributed by atoms with E-state index in [1.165, 1.54) is 0 Å². The normalized spacial score (nSPS) is 11.9. The number of pyridine rings is 12. The Hall–Kier alpha value is -19.7. The zero-order valence-electron chi connectivity index (χ0n) is 80.0.